The lowest BCUT2D eigenvalue weighted by atomic mass is 9.97. The highest BCUT2D eigenvalue weighted by Gasteiger charge is 2.37. The van der Waals surface area contributed by atoms with Crippen LogP contribution in [0.15, 0.2) is 42.9 Å². The van der Waals surface area contributed by atoms with E-state index in [-0.39, 0.29) is 43.0 Å². The molecule has 262 valence electrons. The summed E-state index contributed by atoms with van der Waals surface area (Å²) in [7, 11) is 0. The Morgan fingerprint density at radius 3 is 2.31 bits per heavy atom. The summed E-state index contributed by atoms with van der Waals surface area (Å²) in [5.74, 6) is -2.67. The molecule has 2 heterocycles. The number of aromatic nitrogens is 2. The minimum Gasteiger partial charge on any atom is -0.350 e. The van der Waals surface area contributed by atoms with Crippen molar-refractivity contribution in [3.8, 4) is 0 Å². The minimum absolute atomic E-state index is 0.0927. The van der Waals surface area contributed by atoms with Crippen LogP contribution in [0.4, 0.5) is 0 Å². The van der Waals surface area contributed by atoms with E-state index >= 15 is 0 Å². The maximum absolute atomic E-state index is 13.4. The largest absolute Gasteiger partial charge is 0.350 e. The third kappa shape index (κ3) is 11.5. The third-order valence-electron chi connectivity index (χ3n) is 8.37. The molecule has 0 unspecified atom stereocenters. The molecule has 0 saturated carbocycles. The van der Waals surface area contributed by atoms with Crippen LogP contribution in [0.2, 0.25) is 0 Å². The van der Waals surface area contributed by atoms with Gasteiger partial charge in [-0.3, -0.25) is 28.8 Å². The lowest BCUT2D eigenvalue weighted by molar-refractivity contribution is -0.140. The second-order valence-electron chi connectivity index (χ2n) is 12.8. The Morgan fingerprint density at radius 2 is 1.67 bits per heavy atom. The molecule has 0 radical (unpaired) electrons. The molecule has 0 bridgehead atoms. The Bertz CT molecular complexity index is 1380. The summed E-state index contributed by atoms with van der Waals surface area (Å²) < 4.78 is 0. The number of nitrogens with zero attached hydrogens (tertiary/aromatic N) is 2. The van der Waals surface area contributed by atoms with Gasteiger partial charge < -0.3 is 36.5 Å². The number of imidazole rings is 1. The minimum atomic E-state index is -1.01. The van der Waals surface area contributed by atoms with Crippen molar-refractivity contribution < 1.29 is 28.8 Å². The molecule has 14 heteroatoms. The molecule has 2 aromatic rings. The highest BCUT2D eigenvalue weighted by molar-refractivity contribution is 5.95. The number of aromatic amines is 1. The van der Waals surface area contributed by atoms with Gasteiger partial charge in [-0.05, 0) is 37.2 Å². The van der Waals surface area contributed by atoms with E-state index in [4.69, 9.17) is 0 Å². The van der Waals surface area contributed by atoms with Gasteiger partial charge in [0.05, 0.1) is 12.9 Å². The van der Waals surface area contributed by atoms with Gasteiger partial charge >= 0.3 is 0 Å². The van der Waals surface area contributed by atoms with E-state index < -0.39 is 47.8 Å². The van der Waals surface area contributed by atoms with E-state index in [9.17, 15) is 28.8 Å². The van der Waals surface area contributed by atoms with E-state index in [2.05, 4.69) is 36.6 Å². The van der Waals surface area contributed by atoms with Gasteiger partial charge in [0.25, 0.3) is 0 Å². The summed E-state index contributed by atoms with van der Waals surface area (Å²) in [6.07, 6.45) is 5.08. The standard InChI is InChI=1S/C34H50N8O6/c1-6-22(4)30(34(48)36-17-24-11-8-7-9-12-24)41-33(47)27-13-10-14-42(27)29(44)19-37-31(45)23(5)39-32(46)26(16-25-18-35-20-38-25)40-28(43)15-21(2)3/h7-9,11-12,18,20-23,26-27,30H,6,10,13-17,19H2,1-5H3,(H,35,38)(H,36,48)(H,37,45)(H,39,46)(H,40,43)(H,41,47)/t22-,23-,26-,27-,30-/m0/s1. The molecule has 1 aromatic carbocycles. The number of rotatable bonds is 17. The lowest BCUT2D eigenvalue weighted by Gasteiger charge is -2.29. The van der Waals surface area contributed by atoms with Crippen LogP contribution in [0.3, 0.4) is 0 Å². The van der Waals surface area contributed by atoms with Crippen LogP contribution in [0.5, 0.6) is 0 Å². The first-order valence-electron chi connectivity index (χ1n) is 16.7. The van der Waals surface area contributed by atoms with Gasteiger partial charge in [-0.15, -0.1) is 0 Å². The van der Waals surface area contributed by atoms with E-state index in [0.29, 0.717) is 38.0 Å². The first kappa shape index (κ1) is 37.7. The van der Waals surface area contributed by atoms with Gasteiger partial charge in [0.15, 0.2) is 0 Å². The Morgan fingerprint density at radius 1 is 0.938 bits per heavy atom. The first-order chi connectivity index (χ1) is 22.9. The average molecular weight is 667 g/mol. The van der Waals surface area contributed by atoms with Gasteiger partial charge in [-0.2, -0.15) is 0 Å². The lowest BCUT2D eigenvalue weighted by Crippen LogP contribution is -2.56. The Kier molecular flexibility index (Phi) is 14.6. The van der Waals surface area contributed by atoms with Crippen molar-refractivity contribution in [1.29, 1.82) is 0 Å². The van der Waals surface area contributed by atoms with E-state index in [1.54, 1.807) is 6.20 Å². The Hall–Kier alpha value is -4.75. The fourth-order valence-corrected chi connectivity index (χ4v) is 5.43. The van der Waals surface area contributed by atoms with E-state index in [1.807, 2.05) is 58.0 Å². The fraction of sp³-hybridized carbons (Fsp3) is 0.559. The summed E-state index contributed by atoms with van der Waals surface area (Å²) >= 11 is 0. The van der Waals surface area contributed by atoms with Crippen molar-refractivity contribution in [3.63, 3.8) is 0 Å². The topological polar surface area (TPSA) is 194 Å². The van der Waals surface area contributed by atoms with Gasteiger partial charge in [0.1, 0.15) is 24.2 Å². The second kappa shape index (κ2) is 18.6. The summed E-state index contributed by atoms with van der Waals surface area (Å²) in [6.45, 7) is 9.37. The van der Waals surface area contributed by atoms with Gasteiger partial charge in [-0.1, -0.05) is 64.4 Å². The average Bonchev–Trinajstić information content (AvgIpc) is 3.77. The van der Waals surface area contributed by atoms with Gasteiger partial charge in [-0.25, -0.2) is 4.98 Å². The maximum Gasteiger partial charge on any atom is 0.243 e. The molecule has 48 heavy (non-hydrogen) atoms. The molecule has 5 atom stereocenters. The molecule has 0 spiro atoms. The van der Waals surface area contributed by atoms with Gasteiger partial charge in [0, 0.05) is 37.8 Å². The molecular weight excluding hydrogens is 616 g/mol. The van der Waals surface area contributed by atoms with Crippen LogP contribution < -0.4 is 26.6 Å². The summed E-state index contributed by atoms with van der Waals surface area (Å²) in [6, 6.07) is 5.95. The predicted molar refractivity (Wildman–Crippen MR) is 179 cm³/mol. The smallest absolute Gasteiger partial charge is 0.243 e. The number of carbonyl (C=O) groups excluding carboxylic acids is 6. The zero-order valence-corrected chi connectivity index (χ0v) is 28.5. The van der Waals surface area contributed by atoms with E-state index in [0.717, 1.165) is 5.56 Å². The van der Waals surface area contributed by atoms with Gasteiger partial charge in [0.2, 0.25) is 35.4 Å². The van der Waals surface area contributed by atoms with Crippen LogP contribution >= 0.6 is 0 Å². The first-order valence-corrected chi connectivity index (χ1v) is 16.7. The Balaban J connectivity index is 1.54. The van der Waals surface area contributed by atoms with Crippen molar-refractivity contribution in [3.05, 3.63) is 54.1 Å². The molecular formula is C34H50N8O6. The number of hydrogen-bond acceptors (Lipinski definition) is 7. The Labute approximate surface area is 282 Å². The summed E-state index contributed by atoms with van der Waals surface area (Å²) in [4.78, 5) is 86.4. The quantitative estimate of drug-likeness (QED) is 0.145. The number of hydrogen-bond donors (Lipinski definition) is 6. The normalized spacial score (nSPS) is 16.7. The molecule has 6 N–H and O–H groups in total. The van der Waals surface area contributed by atoms with Crippen LogP contribution in [-0.2, 0) is 41.7 Å². The number of amides is 6. The zero-order valence-electron chi connectivity index (χ0n) is 28.5. The van der Waals surface area contributed by atoms with E-state index in [1.165, 1.54) is 18.2 Å². The van der Waals surface area contributed by atoms with Crippen LogP contribution in [0.25, 0.3) is 0 Å². The highest BCUT2D eigenvalue weighted by atomic mass is 16.2. The van der Waals surface area contributed by atoms with Crippen LogP contribution in [0, 0.1) is 11.8 Å². The molecule has 1 fully saturated rings. The number of carbonyl (C=O) groups is 6. The van der Waals surface area contributed by atoms with Crippen LogP contribution in [0.1, 0.15) is 71.6 Å². The van der Waals surface area contributed by atoms with Crippen LogP contribution in [-0.4, -0.2) is 87.6 Å². The van der Waals surface area contributed by atoms with Crippen molar-refractivity contribution in [1.82, 2.24) is 41.5 Å². The number of likely N-dealkylation sites (tertiary alicyclic amines) is 1. The SMILES string of the molecule is CC[C@H](C)[C@H](NC(=O)[C@@H]1CCCN1C(=O)CNC(=O)[C@H](C)NC(=O)[C@H](Cc1cnc[nH]1)NC(=O)CC(C)C)C(=O)NCc1ccccc1. The number of nitrogens with one attached hydrogen (secondary N) is 6. The molecule has 3 rings (SSSR count). The molecule has 1 aliphatic rings. The zero-order chi connectivity index (χ0) is 35.2. The molecule has 6 amide bonds. The number of benzene rings is 1. The van der Waals surface area contributed by atoms with Crippen molar-refractivity contribution in [2.45, 2.75) is 97.4 Å². The molecule has 0 aliphatic carbocycles. The summed E-state index contributed by atoms with van der Waals surface area (Å²) in [5, 5.41) is 13.7. The second-order valence-corrected chi connectivity index (χ2v) is 12.8. The highest BCUT2D eigenvalue weighted by Crippen LogP contribution is 2.19. The molecule has 1 aromatic heterocycles. The summed E-state index contributed by atoms with van der Waals surface area (Å²) in [5.41, 5.74) is 1.57. The van der Waals surface area contributed by atoms with Crippen molar-refractivity contribution >= 4 is 35.4 Å². The predicted octanol–water partition coefficient (Wildman–Crippen LogP) is 0.942. The monoisotopic (exact) mass is 666 g/mol. The van der Waals surface area contributed by atoms with Crippen molar-refractivity contribution in [2.75, 3.05) is 13.1 Å². The number of H-pyrrole nitrogens is 1. The molecule has 14 nitrogen and oxygen atoms in total. The molecule has 1 saturated heterocycles. The van der Waals surface area contributed by atoms with Crippen molar-refractivity contribution in [2.24, 2.45) is 11.8 Å². The fourth-order valence-electron chi connectivity index (χ4n) is 5.43. The molecule has 1 aliphatic heterocycles. The third-order valence-corrected chi connectivity index (χ3v) is 8.37. The maximum atomic E-state index is 13.4.